The Balaban J connectivity index is 1.55. The number of imidazole rings is 2. The molecule has 11 heteroatoms. The molecule has 166 valence electrons. The normalized spacial score (nSPS) is 15.0. The number of nitrogens with zero attached hydrogens (tertiary/aromatic N) is 3. The van der Waals surface area contributed by atoms with Crippen LogP contribution in [0.15, 0.2) is 45.2 Å². The van der Waals surface area contributed by atoms with E-state index in [0.29, 0.717) is 45.9 Å². The highest BCUT2D eigenvalue weighted by atomic mass is 35.5. The molecule has 0 bridgehead atoms. The van der Waals surface area contributed by atoms with Crippen molar-refractivity contribution in [2.45, 2.75) is 16.6 Å². The van der Waals surface area contributed by atoms with Crippen molar-refractivity contribution in [2.24, 2.45) is 5.73 Å². The molecular weight excluding hydrogens is 452 g/mol. The lowest BCUT2D eigenvalue weighted by atomic mass is 10.2. The van der Waals surface area contributed by atoms with Crippen molar-refractivity contribution in [3.05, 3.63) is 51.4 Å². The topological polar surface area (TPSA) is 122 Å². The Morgan fingerprint density at radius 3 is 2.75 bits per heavy atom. The van der Waals surface area contributed by atoms with Crippen LogP contribution in [0.2, 0.25) is 5.02 Å². The maximum Gasteiger partial charge on any atom is 0.326 e. The molecule has 1 saturated heterocycles. The number of rotatable bonds is 6. The van der Waals surface area contributed by atoms with E-state index in [2.05, 4.69) is 19.9 Å². The number of nitrogens with two attached hydrogens (primary N) is 1. The van der Waals surface area contributed by atoms with Crippen molar-refractivity contribution in [1.82, 2.24) is 24.4 Å². The standard InChI is InChI=1S/C21H21ClN6O3S/c22-13-1-2-14-15(11-13)25-20(24-14)32-17-10-12(19(23)29)9-16-18(17)28(21(30)26-16)4-3-27-5-7-31-8-6-27/h1-2,9-11H,3-8H2,(H2,23,29)(H,24,25)(H,26,30). The summed E-state index contributed by atoms with van der Waals surface area (Å²) in [6.07, 6.45) is 0. The predicted octanol–water partition coefficient (Wildman–Crippen LogP) is 2.44. The molecule has 4 N–H and O–H groups in total. The fourth-order valence-electron chi connectivity index (χ4n) is 3.88. The Morgan fingerprint density at radius 2 is 1.97 bits per heavy atom. The summed E-state index contributed by atoms with van der Waals surface area (Å²) in [7, 11) is 0. The van der Waals surface area contributed by atoms with Crippen molar-refractivity contribution in [3.63, 3.8) is 0 Å². The van der Waals surface area contributed by atoms with Crippen LogP contribution in [0.25, 0.3) is 22.1 Å². The summed E-state index contributed by atoms with van der Waals surface area (Å²) < 4.78 is 7.11. The van der Waals surface area contributed by atoms with E-state index in [1.165, 1.54) is 11.8 Å². The quantitative estimate of drug-likeness (QED) is 0.396. The first kappa shape index (κ1) is 21.1. The Labute approximate surface area is 191 Å². The van der Waals surface area contributed by atoms with Crippen molar-refractivity contribution in [3.8, 4) is 0 Å². The van der Waals surface area contributed by atoms with Gasteiger partial charge in [0, 0.05) is 41.7 Å². The van der Waals surface area contributed by atoms with E-state index in [1.54, 1.807) is 28.8 Å². The SMILES string of the molecule is NC(=O)c1cc(Sc2nc3ccc(Cl)cc3[nH]2)c2c(c1)[nH]c(=O)n2CCN1CCOCC1. The minimum atomic E-state index is -0.563. The number of aromatic amines is 2. The third-order valence-corrected chi connectivity index (χ3v) is 6.64. The number of H-pyrrole nitrogens is 2. The Bertz CT molecular complexity index is 1370. The van der Waals surface area contributed by atoms with Crippen LogP contribution >= 0.6 is 23.4 Å². The van der Waals surface area contributed by atoms with Crippen molar-refractivity contribution >= 4 is 51.3 Å². The van der Waals surface area contributed by atoms with E-state index in [0.717, 1.165) is 36.2 Å². The fraction of sp³-hybridized carbons (Fsp3) is 0.286. The average molecular weight is 473 g/mol. The second-order valence-corrected chi connectivity index (χ2v) is 9.04. The smallest absolute Gasteiger partial charge is 0.326 e. The summed E-state index contributed by atoms with van der Waals surface area (Å²) in [6, 6.07) is 8.74. The van der Waals surface area contributed by atoms with Crippen LogP contribution in [-0.2, 0) is 11.3 Å². The summed E-state index contributed by atoms with van der Waals surface area (Å²) >= 11 is 7.42. The molecule has 0 atom stereocenters. The van der Waals surface area contributed by atoms with Gasteiger partial charge in [-0.05, 0) is 42.1 Å². The molecule has 1 fully saturated rings. The molecule has 0 radical (unpaired) electrons. The minimum absolute atomic E-state index is 0.229. The summed E-state index contributed by atoms with van der Waals surface area (Å²) in [5.74, 6) is -0.563. The monoisotopic (exact) mass is 472 g/mol. The highest BCUT2D eigenvalue weighted by Gasteiger charge is 2.18. The highest BCUT2D eigenvalue weighted by Crippen LogP contribution is 2.34. The lowest BCUT2D eigenvalue weighted by molar-refractivity contribution is 0.0364. The number of fused-ring (bicyclic) bond motifs is 2. The molecule has 0 saturated carbocycles. The van der Waals surface area contributed by atoms with E-state index in [1.807, 2.05) is 6.07 Å². The molecule has 1 aliphatic heterocycles. The minimum Gasteiger partial charge on any atom is -0.379 e. The maximum absolute atomic E-state index is 12.8. The molecule has 1 aliphatic rings. The predicted molar refractivity (Wildman–Crippen MR) is 124 cm³/mol. The van der Waals surface area contributed by atoms with Gasteiger partial charge in [-0.2, -0.15) is 0 Å². The molecule has 5 rings (SSSR count). The second-order valence-electron chi connectivity index (χ2n) is 7.58. The Morgan fingerprint density at radius 1 is 1.16 bits per heavy atom. The number of benzene rings is 2. The highest BCUT2D eigenvalue weighted by molar-refractivity contribution is 7.99. The van der Waals surface area contributed by atoms with Gasteiger partial charge in [-0.15, -0.1) is 0 Å². The number of hydrogen-bond donors (Lipinski definition) is 3. The van der Waals surface area contributed by atoms with E-state index in [9.17, 15) is 9.59 Å². The van der Waals surface area contributed by atoms with Gasteiger partial charge in [0.15, 0.2) is 5.16 Å². The first-order valence-electron chi connectivity index (χ1n) is 10.2. The van der Waals surface area contributed by atoms with Crippen LogP contribution in [0.1, 0.15) is 10.4 Å². The van der Waals surface area contributed by atoms with Crippen molar-refractivity contribution in [2.75, 3.05) is 32.8 Å². The number of carbonyl (C=O) groups is 1. The number of aromatic nitrogens is 4. The van der Waals surface area contributed by atoms with Crippen LogP contribution in [0.5, 0.6) is 0 Å². The lowest BCUT2D eigenvalue weighted by Gasteiger charge is -2.26. The van der Waals surface area contributed by atoms with E-state index in [4.69, 9.17) is 22.1 Å². The zero-order valence-corrected chi connectivity index (χ0v) is 18.6. The molecule has 4 aromatic rings. The maximum atomic E-state index is 12.8. The molecule has 1 amide bonds. The van der Waals surface area contributed by atoms with E-state index >= 15 is 0 Å². The van der Waals surface area contributed by atoms with Gasteiger partial charge in [0.25, 0.3) is 0 Å². The summed E-state index contributed by atoms with van der Waals surface area (Å²) in [5.41, 5.74) is 8.50. The second kappa shape index (κ2) is 8.62. The molecule has 9 nitrogen and oxygen atoms in total. The molecule has 32 heavy (non-hydrogen) atoms. The molecular formula is C21H21ClN6O3S. The van der Waals surface area contributed by atoms with Gasteiger partial charge in [-0.25, -0.2) is 9.78 Å². The number of ether oxygens (including phenoxy) is 1. The van der Waals surface area contributed by atoms with Gasteiger partial charge in [0.2, 0.25) is 5.91 Å². The lowest BCUT2D eigenvalue weighted by Crippen LogP contribution is -2.39. The molecule has 0 unspecified atom stereocenters. The number of carbonyl (C=O) groups excluding carboxylic acids is 1. The fourth-order valence-corrected chi connectivity index (χ4v) is 5.06. The van der Waals surface area contributed by atoms with Gasteiger partial charge < -0.3 is 20.4 Å². The molecule has 3 heterocycles. The van der Waals surface area contributed by atoms with Crippen LogP contribution < -0.4 is 11.4 Å². The van der Waals surface area contributed by atoms with Gasteiger partial charge in [-0.3, -0.25) is 14.3 Å². The molecule has 2 aromatic heterocycles. The first-order chi connectivity index (χ1) is 15.5. The number of morpholine rings is 1. The third-order valence-electron chi connectivity index (χ3n) is 5.49. The van der Waals surface area contributed by atoms with Crippen LogP contribution in [-0.4, -0.2) is 63.2 Å². The van der Waals surface area contributed by atoms with Crippen LogP contribution in [0.4, 0.5) is 0 Å². The zero-order valence-electron chi connectivity index (χ0n) is 17.1. The van der Waals surface area contributed by atoms with Gasteiger partial charge in [-0.1, -0.05) is 11.6 Å². The number of primary amides is 1. The molecule has 0 aliphatic carbocycles. The van der Waals surface area contributed by atoms with Gasteiger partial charge in [0.1, 0.15) is 0 Å². The summed E-state index contributed by atoms with van der Waals surface area (Å²) in [4.78, 5) is 38.4. The number of amides is 1. The number of nitrogens with one attached hydrogen (secondary N) is 2. The number of hydrogen-bond acceptors (Lipinski definition) is 6. The molecule has 2 aromatic carbocycles. The van der Waals surface area contributed by atoms with Crippen LogP contribution in [0.3, 0.4) is 0 Å². The molecule has 0 spiro atoms. The van der Waals surface area contributed by atoms with E-state index < -0.39 is 5.91 Å². The zero-order chi connectivity index (χ0) is 22.2. The first-order valence-corrected chi connectivity index (χ1v) is 11.4. The average Bonchev–Trinajstić information content (AvgIpc) is 3.31. The van der Waals surface area contributed by atoms with Crippen LogP contribution in [0, 0.1) is 0 Å². The Hall–Kier alpha value is -2.79. The van der Waals surface area contributed by atoms with Crippen molar-refractivity contribution < 1.29 is 9.53 Å². The van der Waals surface area contributed by atoms with Gasteiger partial charge in [0.05, 0.1) is 35.3 Å². The largest absolute Gasteiger partial charge is 0.379 e. The summed E-state index contributed by atoms with van der Waals surface area (Å²) in [6.45, 7) is 4.31. The number of halogens is 1. The van der Waals surface area contributed by atoms with Gasteiger partial charge >= 0.3 is 5.69 Å². The van der Waals surface area contributed by atoms with E-state index in [-0.39, 0.29) is 5.69 Å². The third kappa shape index (κ3) is 4.14. The summed E-state index contributed by atoms with van der Waals surface area (Å²) in [5, 5.41) is 1.23. The Kier molecular flexibility index (Phi) is 5.68. The van der Waals surface area contributed by atoms with Crippen molar-refractivity contribution in [1.29, 1.82) is 0 Å².